The van der Waals surface area contributed by atoms with Gasteiger partial charge in [0.15, 0.2) is 0 Å². The summed E-state index contributed by atoms with van der Waals surface area (Å²) >= 11 is 0. The summed E-state index contributed by atoms with van der Waals surface area (Å²) in [4.78, 5) is 12.5. The van der Waals surface area contributed by atoms with Crippen LogP contribution in [0.25, 0.3) is 0 Å². The molecule has 1 amide bonds. The van der Waals surface area contributed by atoms with Gasteiger partial charge in [0.1, 0.15) is 0 Å². The van der Waals surface area contributed by atoms with Crippen molar-refractivity contribution in [1.82, 2.24) is 5.32 Å². The number of unbranched alkanes of at least 4 members (excludes halogenated alkanes) is 32. The van der Waals surface area contributed by atoms with E-state index in [0.717, 1.165) is 25.7 Å². The van der Waals surface area contributed by atoms with E-state index in [9.17, 15) is 20.1 Å². The number of carbonyl (C=O) groups is 1. The Kier molecular flexibility index (Phi) is 42.1. The fourth-order valence-corrected chi connectivity index (χ4v) is 7.46. The number of hydrogen-bond acceptors (Lipinski definition) is 4. The molecule has 0 bridgehead atoms. The Bertz CT molecular complexity index is 728. The van der Waals surface area contributed by atoms with Crippen LogP contribution in [0.4, 0.5) is 0 Å². The van der Waals surface area contributed by atoms with Crippen LogP contribution in [0.15, 0.2) is 12.2 Å². The van der Waals surface area contributed by atoms with E-state index in [-0.39, 0.29) is 18.9 Å². The molecule has 5 nitrogen and oxygen atoms in total. The SMILES string of the molecule is CCCCCCCCCCCCCC/C=C\CCCCCCCCCCC(O)CC(=O)NC(CO)C(O)CCCCCCCCCCCCCCC. The van der Waals surface area contributed by atoms with E-state index in [1.807, 2.05) is 0 Å². The molecule has 0 aliphatic heterocycles. The Morgan fingerprint density at radius 1 is 0.462 bits per heavy atom. The monoisotopic (exact) mass is 736 g/mol. The topological polar surface area (TPSA) is 89.8 Å². The first kappa shape index (κ1) is 51.1. The van der Waals surface area contributed by atoms with Gasteiger partial charge in [0, 0.05) is 0 Å². The van der Waals surface area contributed by atoms with Crippen molar-refractivity contribution in [1.29, 1.82) is 0 Å². The summed E-state index contributed by atoms with van der Waals surface area (Å²) in [6.45, 7) is 4.27. The average Bonchev–Trinajstić information content (AvgIpc) is 3.14. The maximum atomic E-state index is 12.5. The second-order valence-electron chi connectivity index (χ2n) is 16.4. The molecule has 4 N–H and O–H groups in total. The lowest BCUT2D eigenvalue weighted by Gasteiger charge is -2.23. The number of rotatable bonds is 43. The second kappa shape index (κ2) is 42.8. The van der Waals surface area contributed by atoms with Crippen LogP contribution < -0.4 is 5.32 Å². The lowest BCUT2D eigenvalue weighted by Crippen LogP contribution is -2.46. The largest absolute Gasteiger partial charge is 0.394 e. The number of aliphatic hydroxyl groups is 3. The minimum Gasteiger partial charge on any atom is -0.394 e. The Balaban J connectivity index is 3.55. The molecular weight excluding hydrogens is 643 g/mol. The number of aliphatic hydroxyl groups excluding tert-OH is 3. The maximum absolute atomic E-state index is 12.5. The standard InChI is InChI=1S/C47H93NO4/c1-3-5-7-9-11-13-15-17-18-19-20-21-22-23-24-25-26-27-29-30-32-34-36-38-40-44(50)42-47(52)48-45(43-49)46(51)41-39-37-35-33-31-28-16-14-12-10-8-6-4-2/h23-24,44-46,49-51H,3-22,25-43H2,1-2H3,(H,48,52)/b24-23-. The molecule has 52 heavy (non-hydrogen) atoms. The Hall–Kier alpha value is -0.910. The summed E-state index contributed by atoms with van der Waals surface area (Å²) < 4.78 is 0. The van der Waals surface area contributed by atoms with Crippen LogP contribution in [-0.2, 0) is 4.79 Å². The number of carbonyl (C=O) groups excluding carboxylic acids is 1. The van der Waals surface area contributed by atoms with Gasteiger partial charge in [-0.2, -0.15) is 0 Å². The second-order valence-corrected chi connectivity index (χ2v) is 16.4. The molecule has 0 aromatic rings. The fourth-order valence-electron chi connectivity index (χ4n) is 7.46. The highest BCUT2D eigenvalue weighted by molar-refractivity contribution is 5.76. The lowest BCUT2D eigenvalue weighted by molar-refractivity contribution is -0.125. The quantitative estimate of drug-likeness (QED) is 0.0371. The van der Waals surface area contributed by atoms with Crippen molar-refractivity contribution >= 4 is 5.91 Å². The number of hydrogen-bond donors (Lipinski definition) is 4. The molecule has 0 rings (SSSR count). The van der Waals surface area contributed by atoms with Crippen LogP contribution in [0.2, 0.25) is 0 Å². The van der Waals surface area contributed by atoms with Crippen molar-refractivity contribution in [2.45, 2.75) is 276 Å². The molecule has 0 aliphatic rings. The molecule has 3 unspecified atom stereocenters. The first-order valence-corrected chi connectivity index (χ1v) is 23.5. The van der Waals surface area contributed by atoms with E-state index in [4.69, 9.17) is 0 Å². The van der Waals surface area contributed by atoms with E-state index < -0.39 is 18.2 Å². The van der Waals surface area contributed by atoms with E-state index in [1.165, 1.54) is 199 Å². The summed E-state index contributed by atoms with van der Waals surface area (Å²) in [5.74, 6) is -0.282. The molecule has 0 fully saturated rings. The molecule has 0 saturated heterocycles. The molecule has 0 spiro atoms. The zero-order chi connectivity index (χ0) is 38.0. The third-order valence-electron chi connectivity index (χ3n) is 11.1. The van der Waals surface area contributed by atoms with Gasteiger partial charge in [0.25, 0.3) is 0 Å². The molecule has 0 heterocycles. The van der Waals surface area contributed by atoms with Crippen molar-refractivity contribution < 1.29 is 20.1 Å². The molecule has 0 radical (unpaired) electrons. The maximum Gasteiger partial charge on any atom is 0.222 e. The van der Waals surface area contributed by atoms with Crippen molar-refractivity contribution in [3.05, 3.63) is 12.2 Å². The summed E-state index contributed by atoms with van der Waals surface area (Å²) in [6, 6.07) is -0.655. The third-order valence-corrected chi connectivity index (χ3v) is 11.1. The summed E-state index contributed by atoms with van der Waals surface area (Å²) in [7, 11) is 0. The molecule has 310 valence electrons. The van der Waals surface area contributed by atoms with Crippen molar-refractivity contribution in [2.75, 3.05) is 6.61 Å². The van der Waals surface area contributed by atoms with Crippen molar-refractivity contribution in [2.24, 2.45) is 0 Å². The third kappa shape index (κ3) is 38.8. The smallest absolute Gasteiger partial charge is 0.222 e. The summed E-state index contributed by atoms with van der Waals surface area (Å²) in [5, 5.41) is 33.4. The zero-order valence-corrected chi connectivity index (χ0v) is 35.2. The van der Waals surface area contributed by atoms with Gasteiger partial charge in [0.05, 0.1) is 31.3 Å². The first-order chi connectivity index (χ1) is 25.5. The molecule has 0 aliphatic carbocycles. The highest BCUT2D eigenvalue weighted by atomic mass is 16.3. The van der Waals surface area contributed by atoms with Crippen LogP contribution in [0, 0.1) is 0 Å². The van der Waals surface area contributed by atoms with Crippen molar-refractivity contribution in [3.63, 3.8) is 0 Å². The van der Waals surface area contributed by atoms with Crippen LogP contribution >= 0.6 is 0 Å². The van der Waals surface area contributed by atoms with Gasteiger partial charge < -0.3 is 20.6 Å². The highest BCUT2D eigenvalue weighted by Crippen LogP contribution is 2.16. The first-order valence-electron chi connectivity index (χ1n) is 23.5. The van der Waals surface area contributed by atoms with E-state index in [1.54, 1.807) is 0 Å². The van der Waals surface area contributed by atoms with Crippen LogP contribution in [-0.4, -0.2) is 46.1 Å². The molecule has 5 heteroatoms. The van der Waals surface area contributed by atoms with Crippen LogP contribution in [0.3, 0.4) is 0 Å². The van der Waals surface area contributed by atoms with E-state index >= 15 is 0 Å². The number of allylic oxidation sites excluding steroid dienone is 2. The van der Waals surface area contributed by atoms with Gasteiger partial charge in [-0.3, -0.25) is 4.79 Å². The zero-order valence-electron chi connectivity index (χ0n) is 35.2. The van der Waals surface area contributed by atoms with Gasteiger partial charge in [-0.15, -0.1) is 0 Å². The van der Waals surface area contributed by atoms with Gasteiger partial charge in [0.2, 0.25) is 5.91 Å². The summed E-state index contributed by atoms with van der Waals surface area (Å²) in [6.07, 6.45) is 50.5. The predicted octanol–water partition coefficient (Wildman–Crippen LogP) is 13.6. The Morgan fingerprint density at radius 2 is 0.769 bits per heavy atom. The van der Waals surface area contributed by atoms with Gasteiger partial charge in [-0.05, 0) is 38.5 Å². The summed E-state index contributed by atoms with van der Waals surface area (Å²) in [5.41, 5.74) is 0. The van der Waals surface area contributed by atoms with Gasteiger partial charge >= 0.3 is 0 Å². The lowest BCUT2D eigenvalue weighted by atomic mass is 10.0. The van der Waals surface area contributed by atoms with Gasteiger partial charge in [-0.25, -0.2) is 0 Å². The Labute approximate surface area is 325 Å². The molecule has 0 saturated carbocycles. The van der Waals surface area contributed by atoms with Gasteiger partial charge in [-0.1, -0.05) is 225 Å². The van der Waals surface area contributed by atoms with Crippen molar-refractivity contribution in [3.8, 4) is 0 Å². The normalized spacial score (nSPS) is 13.6. The minimum absolute atomic E-state index is 0.0375. The molecular formula is C47H93NO4. The minimum atomic E-state index is -0.746. The van der Waals surface area contributed by atoms with Crippen LogP contribution in [0.5, 0.6) is 0 Å². The number of nitrogens with one attached hydrogen (secondary N) is 1. The van der Waals surface area contributed by atoms with E-state index in [0.29, 0.717) is 12.8 Å². The average molecular weight is 736 g/mol. The van der Waals surface area contributed by atoms with Crippen LogP contribution in [0.1, 0.15) is 258 Å². The fraction of sp³-hybridized carbons (Fsp3) is 0.936. The number of amides is 1. The molecule has 3 atom stereocenters. The Morgan fingerprint density at radius 3 is 1.12 bits per heavy atom. The van der Waals surface area contributed by atoms with E-state index in [2.05, 4.69) is 31.3 Å². The highest BCUT2D eigenvalue weighted by Gasteiger charge is 2.21. The molecule has 0 aromatic heterocycles. The molecule has 0 aromatic carbocycles. The predicted molar refractivity (Wildman–Crippen MR) is 227 cm³/mol.